The van der Waals surface area contributed by atoms with E-state index in [0.717, 1.165) is 16.7 Å². The van der Waals surface area contributed by atoms with Crippen LogP contribution in [0.5, 0.6) is 0 Å². The summed E-state index contributed by atoms with van der Waals surface area (Å²) in [5, 5.41) is 8.67. The molecule has 2 rings (SSSR count). The summed E-state index contributed by atoms with van der Waals surface area (Å²) in [6, 6.07) is 6.09. The van der Waals surface area contributed by atoms with Gasteiger partial charge in [0, 0.05) is 13.0 Å². The van der Waals surface area contributed by atoms with E-state index in [9.17, 15) is 9.59 Å². The van der Waals surface area contributed by atoms with E-state index in [1.54, 1.807) is 0 Å². The van der Waals surface area contributed by atoms with E-state index in [4.69, 9.17) is 17.3 Å². The monoisotopic (exact) mass is 335 g/mol. The lowest BCUT2D eigenvalue weighted by Gasteiger charge is -2.13. The highest BCUT2D eigenvalue weighted by molar-refractivity contribution is 8.26. The second kappa shape index (κ2) is 7.07. The summed E-state index contributed by atoms with van der Waals surface area (Å²) in [6.45, 7) is 4.36. The van der Waals surface area contributed by atoms with Crippen molar-refractivity contribution >= 4 is 46.3 Å². The van der Waals surface area contributed by atoms with E-state index in [2.05, 4.69) is 0 Å². The Labute approximate surface area is 139 Å². The van der Waals surface area contributed by atoms with Gasteiger partial charge in [-0.25, -0.2) is 0 Å². The molecule has 22 heavy (non-hydrogen) atoms. The molecule has 1 fully saturated rings. The standard InChI is InChI=1S/C16H17NO3S2/c1-10-5-6-11(2)12(8-10)9-13-15(20)17(16(21)22-13)7-3-4-14(18)19/h5-6,8-9H,3-4,7H2,1-2H3,(H,18,19). The molecule has 6 heteroatoms. The zero-order chi connectivity index (χ0) is 16.3. The third-order valence-electron chi connectivity index (χ3n) is 3.37. The van der Waals surface area contributed by atoms with Crippen LogP contribution in [-0.4, -0.2) is 32.7 Å². The Kier molecular flexibility index (Phi) is 5.37. The molecule has 0 unspecified atom stereocenters. The Morgan fingerprint density at radius 3 is 2.82 bits per heavy atom. The number of thioether (sulfide) groups is 1. The highest BCUT2D eigenvalue weighted by Gasteiger charge is 2.31. The number of aryl methyl sites for hydroxylation is 2. The number of carbonyl (C=O) groups is 2. The van der Waals surface area contributed by atoms with Crippen LogP contribution in [0.4, 0.5) is 0 Å². The average Bonchev–Trinajstić information content (AvgIpc) is 2.70. The predicted octanol–water partition coefficient (Wildman–Crippen LogP) is 3.37. The second-order valence-corrected chi connectivity index (χ2v) is 6.87. The quantitative estimate of drug-likeness (QED) is 0.660. The van der Waals surface area contributed by atoms with Crippen molar-refractivity contribution in [3.8, 4) is 0 Å². The second-order valence-electron chi connectivity index (χ2n) is 5.19. The fourth-order valence-corrected chi connectivity index (χ4v) is 3.44. The van der Waals surface area contributed by atoms with Crippen molar-refractivity contribution in [2.45, 2.75) is 26.7 Å². The van der Waals surface area contributed by atoms with Crippen LogP contribution in [0, 0.1) is 13.8 Å². The maximum Gasteiger partial charge on any atom is 0.303 e. The van der Waals surface area contributed by atoms with Crippen LogP contribution in [0.2, 0.25) is 0 Å². The van der Waals surface area contributed by atoms with Crippen molar-refractivity contribution in [3.05, 3.63) is 39.8 Å². The molecule has 1 heterocycles. The van der Waals surface area contributed by atoms with Crippen molar-refractivity contribution in [2.75, 3.05) is 6.54 Å². The minimum absolute atomic E-state index is 0.0348. The van der Waals surface area contributed by atoms with Gasteiger partial charge in [0.1, 0.15) is 4.32 Å². The van der Waals surface area contributed by atoms with E-state index in [1.165, 1.54) is 16.7 Å². The van der Waals surface area contributed by atoms with Crippen LogP contribution in [0.1, 0.15) is 29.5 Å². The van der Waals surface area contributed by atoms with Crippen molar-refractivity contribution in [2.24, 2.45) is 0 Å². The lowest BCUT2D eigenvalue weighted by Crippen LogP contribution is -2.29. The zero-order valence-electron chi connectivity index (χ0n) is 12.5. The molecule has 0 aliphatic carbocycles. The number of nitrogens with zero attached hydrogens (tertiary/aromatic N) is 1. The van der Waals surface area contributed by atoms with Gasteiger partial charge >= 0.3 is 5.97 Å². The Hall–Kier alpha value is -1.66. The summed E-state index contributed by atoms with van der Waals surface area (Å²) in [7, 11) is 0. The van der Waals surface area contributed by atoms with Gasteiger partial charge in [-0.2, -0.15) is 0 Å². The number of amides is 1. The highest BCUT2D eigenvalue weighted by atomic mass is 32.2. The number of carboxylic acids is 1. The van der Waals surface area contributed by atoms with Gasteiger partial charge in [-0.05, 0) is 37.5 Å². The highest BCUT2D eigenvalue weighted by Crippen LogP contribution is 2.33. The first kappa shape index (κ1) is 16.7. The van der Waals surface area contributed by atoms with Gasteiger partial charge in [-0.3, -0.25) is 14.5 Å². The van der Waals surface area contributed by atoms with Crippen molar-refractivity contribution in [3.63, 3.8) is 0 Å². The SMILES string of the molecule is Cc1ccc(C)c(C=C2SC(=S)N(CCCC(=O)O)C2=O)c1. The van der Waals surface area contributed by atoms with Gasteiger partial charge in [-0.1, -0.05) is 47.7 Å². The molecular weight excluding hydrogens is 318 g/mol. The zero-order valence-corrected chi connectivity index (χ0v) is 14.1. The summed E-state index contributed by atoms with van der Waals surface area (Å²) < 4.78 is 0.493. The minimum atomic E-state index is -0.864. The van der Waals surface area contributed by atoms with Crippen molar-refractivity contribution in [1.29, 1.82) is 0 Å². The third kappa shape index (κ3) is 3.96. The van der Waals surface area contributed by atoms with E-state index in [0.29, 0.717) is 22.2 Å². The number of carboxylic acid groups (broad SMARTS) is 1. The van der Waals surface area contributed by atoms with Crippen LogP contribution < -0.4 is 0 Å². The normalized spacial score (nSPS) is 16.6. The summed E-state index contributed by atoms with van der Waals surface area (Å²) in [6.07, 6.45) is 2.30. The molecule has 1 saturated heterocycles. The minimum Gasteiger partial charge on any atom is -0.481 e. The van der Waals surface area contributed by atoms with E-state index in [-0.39, 0.29) is 12.3 Å². The number of thiocarbonyl (C=S) groups is 1. The van der Waals surface area contributed by atoms with Gasteiger partial charge in [0.15, 0.2) is 0 Å². The Balaban J connectivity index is 2.15. The molecule has 116 valence electrons. The van der Waals surface area contributed by atoms with Crippen molar-refractivity contribution < 1.29 is 14.7 Å². The predicted molar refractivity (Wildman–Crippen MR) is 92.7 cm³/mol. The maximum absolute atomic E-state index is 12.4. The van der Waals surface area contributed by atoms with Crippen LogP contribution in [0.3, 0.4) is 0 Å². The lowest BCUT2D eigenvalue weighted by atomic mass is 10.1. The molecule has 0 spiro atoms. The van der Waals surface area contributed by atoms with Crippen LogP contribution in [0.15, 0.2) is 23.1 Å². The summed E-state index contributed by atoms with van der Waals surface area (Å²) >= 11 is 6.50. The van der Waals surface area contributed by atoms with Gasteiger partial charge in [0.25, 0.3) is 5.91 Å². The Morgan fingerprint density at radius 1 is 1.41 bits per heavy atom. The Bertz CT molecular complexity index is 667. The molecule has 0 saturated carbocycles. The Morgan fingerprint density at radius 2 is 2.14 bits per heavy atom. The van der Waals surface area contributed by atoms with Crippen LogP contribution in [-0.2, 0) is 9.59 Å². The first-order valence-electron chi connectivity index (χ1n) is 6.93. The third-order valence-corrected chi connectivity index (χ3v) is 4.75. The first-order valence-corrected chi connectivity index (χ1v) is 8.15. The maximum atomic E-state index is 12.4. The topological polar surface area (TPSA) is 57.6 Å². The first-order chi connectivity index (χ1) is 10.4. The van der Waals surface area contributed by atoms with Gasteiger partial charge in [-0.15, -0.1) is 0 Å². The molecule has 0 bridgehead atoms. The number of aliphatic carboxylic acids is 1. The number of benzene rings is 1. The van der Waals surface area contributed by atoms with Crippen LogP contribution >= 0.6 is 24.0 Å². The molecule has 1 aromatic carbocycles. The molecule has 4 nitrogen and oxygen atoms in total. The largest absolute Gasteiger partial charge is 0.481 e. The van der Waals surface area contributed by atoms with E-state index in [1.807, 2.05) is 38.1 Å². The smallest absolute Gasteiger partial charge is 0.303 e. The number of rotatable bonds is 5. The summed E-state index contributed by atoms with van der Waals surface area (Å²) in [4.78, 5) is 25.0. The van der Waals surface area contributed by atoms with Gasteiger partial charge < -0.3 is 5.11 Å². The van der Waals surface area contributed by atoms with E-state index < -0.39 is 5.97 Å². The molecular formula is C16H17NO3S2. The number of hydrogen-bond donors (Lipinski definition) is 1. The van der Waals surface area contributed by atoms with E-state index >= 15 is 0 Å². The summed E-state index contributed by atoms with van der Waals surface area (Å²) in [5.41, 5.74) is 3.24. The molecule has 0 aromatic heterocycles. The van der Waals surface area contributed by atoms with Gasteiger partial charge in [0.2, 0.25) is 0 Å². The average molecular weight is 335 g/mol. The molecule has 1 aliphatic heterocycles. The molecule has 1 amide bonds. The molecule has 0 atom stereocenters. The number of carbonyl (C=O) groups excluding carboxylic acids is 1. The molecule has 1 aliphatic rings. The molecule has 1 aromatic rings. The lowest BCUT2D eigenvalue weighted by molar-refractivity contribution is -0.137. The van der Waals surface area contributed by atoms with Crippen LogP contribution in [0.25, 0.3) is 6.08 Å². The fourth-order valence-electron chi connectivity index (χ4n) is 2.14. The van der Waals surface area contributed by atoms with Crippen molar-refractivity contribution in [1.82, 2.24) is 4.90 Å². The fraction of sp³-hybridized carbons (Fsp3) is 0.312. The van der Waals surface area contributed by atoms with Gasteiger partial charge in [0.05, 0.1) is 4.91 Å². The number of hydrogen-bond acceptors (Lipinski definition) is 4. The molecule has 0 radical (unpaired) electrons. The summed E-state index contributed by atoms with van der Waals surface area (Å²) in [5.74, 6) is -1.00. The molecule has 1 N–H and O–H groups in total.